The van der Waals surface area contributed by atoms with Crippen molar-refractivity contribution in [1.29, 1.82) is 0 Å². The number of H-pyrrole nitrogens is 3. The number of hydrogen-bond acceptors (Lipinski definition) is 4. The summed E-state index contributed by atoms with van der Waals surface area (Å²) < 4.78 is 37.9. The van der Waals surface area contributed by atoms with E-state index in [1.165, 1.54) is 0 Å². The maximum Gasteiger partial charge on any atom is 0.392 e. The predicted octanol–water partition coefficient (Wildman–Crippen LogP) is 0.479. The molecule has 3 rings (SSSR count). The van der Waals surface area contributed by atoms with Gasteiger partial charge in [0.05, 0.1) is 17.2 Å². The molecule has 2 atom stereocenters. The molecule has 0 saturated heterocycles. The van der Waals surface area contributed by atoms with E-state index in [9.17, 15) is 27.6 Å². The van der Waals surface area contributed by atoms with Gasteiger partial charge in [-0.2, -0.15) is 18.3 Å². The molecule has 0 radical (unpaired) electrons. The first-order chi connectivity index (χ1) is 10.3. The Morgan fingerprint density at radius 3 is 2.50 bits per heavy atom. The van der Waals surface area contributed by atoms with Gasteiger partial charge in [-0.15, -0.1) is 0 Å². The molecule has 0 spiro atoms. The van der Waals surface area contributed by atoms with Crippen LogP contribution in [0.4, 0.5) is 13.2 Å². The molecule has 2 heterocycles. The van der Waals surface area contributed by atoms with Crippen molar-refractivity contribution in [3.05, 3.63) is 49.0 Å². The van der Waals surface area contributed by atoms with Crippen LogP contribution < -0.4 is 16.8 Å². The standard InChI is InChI=1S/C12H9F3N4O3/c13-12(14,15)7-1-4(7)5-2-8(18-19-10(5)21)6-3-16-11(22)17-9(6)20/h2-4,7H,1H2,(H,19,21)(H2,16,17,20,22). The van der Waals surface area contributed by atoms with Crippen molar-refractivity contribution < 1.29 is 13.2 Å². The molecule has 0 aliphatic heterocycles. The van der Waals surface area contributed by atoms with Crippen LogP contribution in [0.2, 0.25) is 0 Å². The fraction of sp³-hybridized carbons (Fsp3) is 0.333. The van der Waals surface area contributed by atoms with E-state index >= 15 is 0 Å². The first-order valence-corrected chi connectivity index (χ1v) is 6.26. The van der Waals surface area contributed by atoms with Gasteiger partial charge in [0.25, 0.3) is 11.1 Å². The highest BCUT2D eigenvalue weighted by molar-refractivity contribution is 5.56. The minimum absolute atomic E-state index is 0.0140. The van der Waals surface area contributed by atoms with Crippen molar-refractivity contribution in [3.8, 4) is 11.3 Å². The highest BCUT2D eigenvalue weighted by atomic mass is 19.4. The third kappa shape index (κ3) is 2.47. The average molecular weight is 314 g/mol. The lowest BCUT2D eigenvalue weighted by molar-refractivity contribution is -0.148. The SMILES string of the molecule is O=c1[nH]cc(-c2cc(C3CC3C(F)(F)F)c(=O)[nH]n2)c(=O)[nH]1. The highest BCUT2D eigenvalue weighted by Gasteiger charge is 2.56. The Morgan fingerprint density at radius 1 is 1.18 bits per heavy atom. The maximum absolute atomic E-state index is 12.6. The lowest BCUT2D eigenvalue weighted by Crippen LogP contribution is -2.24. The van der Waals surface area contributed by atoms with Gasteiger partial charge in [-0.05, 0) is 12.5 Å². The lowest BCUT2D eigenvalue weighted by Gasteiger charge is -2.05. The molecule has 116 valence electrons. The Kier molecular flexibility index (Phi) is 3.04. The van der Waals surface area contributed by atoms with E-state index < -0.39 is 34.8 Å². The second-order valence-electron chi connectivity index (χ2n) is 5.01. The van der Waals surface area contributed by atoms with Crippen LogP contribution in [0.1, 0.15) is 17.9 Å². The molecule has 10 heteroatoms. The molecular formula is C12H9F3N4O3. The van der Waals surface area contributed by atoms with Gasteiger partial charge in [-0.25, -0.2) is 9.89 Å². The molecule has 0 aromatic carbocycles. The molecule has 1 fully saturated rings. The van der Waals surface area contributed by atoms with Crippen LogP contribution in [0.15, 0.2) is 26.6 Å². The van der Waals surface area contributed by atoms with Gasteiger partial charge < -0.3 is 4.98 Å². The van der Waals surface area contributed by atoms with Crippen LogP contribution in [-0.2, 0) is 0 Å². The number of halogens is 3. The first-order valence-electron chi connectivity index (χ1n) is 6.26. The molecule has 0 amide bonds. The number of hydrogen-bond donors (Lipinski definition) is 3. The third-order valence-electron chi connectivity index (χ3n) is 3.54. The maximum atomic E-state index is 12.6. The second kappa shape index (κ2) is 4.68. The van der Waals surface area contributed by atoms with Crippen LogP contribution in [0.5, 0.6) is 0 Å². The molecule has 1 aliphatic rings. The lowest BCUT2D eigenvalue weighted by atomic mass is 10.1. The van der Waals surface area contributed by atoms with E-state index in [1.54, 1.807) is 0 Å². The Morgan fingerprint density at radius 2 is 1.91 bits per heavy atom. The van der Waals surface area contributed by atoms with Crippen LogP contribution in [0.25, 0.3) is 11.3 Å². The normalized spacial score (nSPS) is 20.9. The molecular weight excluding hydrogens is 305 g/mol. The minimum atomic E-state index is -4.37. The van der Waals surface area contributed by atoms with E-state index in [0.29, 0.717) is 0 Å². The molecule has 2 aromatic heterocycles. The van der Waals surface area contributed by atoms with Gasteiger partial charge in [-0.3, -0.25) is 14.6 Å². The van der Waals surface area contributed by atoms with Crippen LogP contribution in [0.3, 0.4) is 0 Å². The summed E-state index contributed by atoms with van der Waals surface area (Å²) >= 11 is 0. The summed E-state index contributed by atoms with van der Waals surface area (Å²) in [5, 5.41) is 5.72. The summed E-state index contributed by atoms with van der Waals surface area (Å²) in [7, 11) is 0. The Hall–Kier alpha value is -2.65. The minimum Gasteiger partial charge on any atom is -0.313 e. The summed E-state index contributed by atoms with van der Waals surface area (Å²) in [6, 6.07) is 1.15. The van der Waals surface area contributed by atoms with Crippen molar-refractivity contribution in [2.45, 2.75) is 18.5 Å². The van der Waals surface area contributed by atoms with Gasteiger partial charge in [0, 0.05) is 17.7 Å². The Balaban J connectivity index is 2.03. The van der Waals surface area contributed by atoms with Crippen LogP contribution >= 0.6 is 0 Å². The first kappa shape index (κ1) is 14.3. The molecule has 2 unspecified atom stereocenters. The number of aromatic amines is 3. The molecule has 1 aliphatic carbocycles. The van der Waals surface area contributed by atoms with E-state index in [0.717, 1.165) is 12.3 Å². The average Bonchev–Trinajstić information content (AvgIpc) is 3.20. The van der Waals surface area contributed by atoms with Crippen molar-refractivity contribution in [1.82, 2.24) is 20.2 Å². The summed E-state index contributed by atoms with van der Waals surface area (Å²) in [6.45, 7) is 0. The second-order valence-corrected chi connectivity index (χ2v) is 5.01. The monoisotopic (exact) mass is 314 g/mol. The topological polar surface area (TPSA) is 111 Å². The van der Waals surface area contributed by atoms with Gasteiger partial charge in [-0.1, -0.05) is 0 Å². The largest absolute Gasteiger partial charge is 0.392 e. The fourth-order valence-electron chi connectivity index (χ4n) is 2.33. The summed E-state index contributed by atoms with van der Waals surface area (Å²) in [5.74, 6) is -2.50. The summed E-state index contributed by atoms with van der Waals surface area (Å²) in [5.41, 5.74) is -2.34. The summed E-state index contributed by atoms with van der Waals surface area (Å²) in [6.07, 6.45) is -3.45. The fourth-order valence-corrected chi connectivity index (χ4v) is 2.33. The number of nitrogens with one attached hydrogen (secondary N) is 3. The Labute approximate surface area is 119 Å². The van der Waals surface area contributed by atoms with Crippen molar-refractivity contribution in [2.75, 3.05) is 0 Å². The molecule has 2 aromatic rings. The van der Waals surface area contributed by atoms with Gasteiger partial charge in [0.15, 0.2) is 0 Å². The predicted molar refractivity (Wildman–Crippen MR) is 68.4 cm³/mol. The summed E-state index contributed by atoms with van der Waals surface area (Å²) in [4.78, 5) is 38.5. The van der Waals surface area contributed by atoms with Crippen molar-refractivity contribution >= 4 is 0 Å². The van der Waals surface area contributed by atoms with Crippen molar-refractivity contribution in [3.63, 3.8) is 0 Å². The van der Waals surface area contributed by atoms with E-state index in [2.05, 4.69) is 15.2 Å². The smallest absolute Gasteiger partial charge is 0.313 e. The van der Waals surface area contributed by atoms with Crippen LogP contribution in [0, 0.1) is 5.92 Å². The zero-order chi connectivity index (χ0) is 16.1. The number of nitrogens with zero attached hydrogens (tertiary/aromatic N) is 1. The highest BCUT2D eigenvalue weighted by Crippen LogP contribution is 2.55. The van der Waals surface area contributed by atoms with Gasteiger partial charge in [0.1, 0.15) is 0 Å². The molecule has 1 saturated carbocycles. The molecule has 7 nitrogen and oxygen atoms in total. The molecule has 0 bridgehead atoms. The van der Waals surface area contributed by atoms with Crippen LogP contribution in [-0.4, -0.2) is 26.3 Å². The molecule has 22 heavy (non-hydrogen) atoms. The third-order valence-corrected chi connectivity index (χ3v) is 3.54. The quantitative estimate of drug-likeness (QED) is 0.748. The molecule has 3 N–H and O–H groups in total. The zero-order valence-corrected chi connectivity index (χ0v) is 10.8. The number of rotatable bonds is 2. The van der Waals surface area contributed by atoms with Gasteiger partial charge >= 0.3 is 11.9 Å². The van der Waals surface area contributed by atoms with E-state index in [-0.39, 0.29) is 23.2 Å². The Bertz CT molecular complexity index is 896. The van der Waals surface area contributed by atoms with E-state index in [4.69, 9.17) is 0 Å². The van der Waals surface area contributed by atoms with E-state index in [1.807, 2.05) is 4.98 Å². The zero-order valence-electron chi connectivity index (χ0n) is 10.8. The van der Waals surface area contributed by atoms with Crippen molar-refractivity contribution in [2.24, 2.45) is 5.92 Å². The number of alkyl halides is 3. The van der Waals surface area contributed by atoms with Gasteiger partial charge in [0.2, 0.25) is 0 Å². The number of aromatic nitrogens is 4.